The Kier molecular flexibility index (Phi) is 5.41. The van der Waals surface area contributed by atoms with Crippen molar-refractivity contribution >= 4 is 23.4 Å². The lowest BCUT2D eigenvalue weighted by Crippen LogP contribution is -2.28. The largest absolute Gasteiger partial charge is 0.372 e. The van der Waals surface area contributed by atoms with Gasteiger partial charge >= 0.3 is 0 Å². The first-order valence-corrected chi connectivity index (χ1v) is 9.43. The number of pyridine rings is 1. The summed E-state index contributed by atoms with van der Waals surface area (Å²) in [5.41, 5.74) is 3.34. The van der Waals surface area contributed by atoms with Crippen molar-refractivity contribution in [3.63, 3.8) is 0 Å². The summed E-state index contributed by atoms with van der Waals surface area (Å²) in [4.78, 5) is 20.9. The number of hydrogen-bond donors (Lipinski definition) is 0. The number of thioether (sulfide) groups is 1. The normalized spacial score (nSPS) is 17.3. The second-order valence-electron chi connectivity index (χ2n) is 5.77. The molecule has 3 rings (SSSR count). The number of carbonyl (C=O) groups is 1. The van der Waals surface area contributed by atoms with Crippen LogP contribution in [0.4, 0.5) is 5.69 Å². The van der Waals surface area contributed by atoms with Gasteiger partial charge in [0.25, 0.3) is 0 Å². The van der Waals surface area contributed by atoms with E-state index >= 15 is 0 Å². The molecule has 5 heteroatoms. The smallest absolute Gasteiger partial charge is 0.234 e. The van der Waals surface area contributed by atoms with Crippen molar-refractivity contribution in [1.82, 2.24) is 9.88 Å². The average molecular weight is 341 g/mol. The Labute approximate surface area is 147 Å². The highest BCUT2D eigenvalue weighted by Gasteiger charge is 2.32. The van der Waals surface area contributed by atoms with E-state index in [-0.39, 0.29) is 11.3 Å². The minimum absolute atomic E-state index is 0.0743. The monoisotopic (exact) mass is 341 g/mol. The number of hydrogen-bond acceptors (Lipinski definition) is 4. The molecule has 0 spiro atoms. The van der Waals surface area contributed by atoms with E-state index < -0.39 is 0 Å². The molecule has 1 aliphatic heterocycles. The molecule has 0 N–H and O–H groups in total. The van der Waals surface area contributed by atoms with Crippen LogP contribution in [0.15, 0.2) is 48.7 Å². The highest BCUT2D eigenvalue weighted by Crippen LogP contribution is 2.39. The molecule has 0 radical (unpaired) electrons. The summed E-state index contributed by atoms with van der Waals surface area (Å²) in [6.45, 7) is 6.89. The van der Waals surface area contributed by atoms with E-state index in [0.29, 0.717) is 12.3 Å². The van der Waals surface area contributed by atoms with Gasteiger partial charge in [-0.1, -0.05) is 18.2 Å². The first-order valence-electron chi connectivity index (χ1n) is 8.38. The third-order valence-corrected chi connectivity index (χ3v) is 5.59. The quantitative estimate of drug-likeness (QED) is 0.803. The number of anilines is 1. The van der Waals surface area contributed by atoms with Gasteiger partial charge in [0.2, 0.25) is 5.91 Å². The van der Waals surface area contributed by atoms with Crippen molar-refractivity contribution in [2.24, 2.45) is 0 Å². The second-order valence-corrected chi connectivity index (χ2v) is 6.84. The number of benzene rings is 1. The van der Waals surface area contributed by atoms with E-state index in [4.69, 9.17) is 0 Å². The van der Waals surface area contributed by atoms with Crippen LogP contribution in [0.25, 0.3) is 0 Å². The fourth-order valence-corrected chi connectivity index (χ4v) is 4.19. The minimum Gasteiger partial charge on any atom is -0.372 e. The molecule has 1 aromatic carbocycles. The molecule has 1 saturated heterocycles. The van der Waals surface area contributed by atoms with Crippen molar-refractivity contribution < 1.29 is 4.79 Å². The van der Waals surface area contributed by atoms with Gasteiger partial charge in [0.1, 0.15) is 5.37 Å². The van der Waals surface area contributed by atoms with Crippen molar-refractivity contribution in [1.29, 1.82) is 0 Å². The van der Waals surface area contributed by atoms with Gasteiger partial charge in [-0.3, -0.25) is 9.78 Å². The summed E-state index contributed by atoms with van der Waals surface area (Å²) in [6, 6.07) is 14.4. The Balaban J connectivity index is 1.78. The molecule has 2 aromatic rings. The summed E-state index contributed by atoms with van der Waals surface area (Å²) in [5, 5.41) is 0.0743. The Hall–Kier alpha value is -2.01. The van der Waals surface area contributed by atoms with Crippen LogP contribution >= 0.6 is 11.8 Å². The first-order chi connectivity index (χ1) is 11.7. The topological polar surface area (TPSA) is 36.4 Å². The van der Waals surface area contributed by atoms with Crippen LogP contribution in [0, 0.1) is 0 Å². The summed E-state index contributed by atoms with van der Waals surface area (Å²) >= 11 is 1.69. The van der Waals surface area contributed by atoms with Gasteiger partial charge < -0.3 is 9.80 Å². The molecule has 1 aromatic heterocycles. The molecular weight excluding hydrogens is 318 g/mol. The molecule has 2 heterocycles. The maximum Gasteiger partial charge on any atom is 0.234 e. The standard InChI is InChI=1S/C19H23N3OS/c1-3-21(4-2)17-10-8-15(9-11-17)19-22(18(23)14-24-19)13-16-7-5-6-12-20-16/h5-12,19H,3-4,13-14H2,1-2H3. The lowest BCUT2D eigenvalue weighted by atomic mass is 10.1. The third kappa shape index (κ3) is 3.56. The van der Waals surface area contributed by atoms with Crippen LogP contribution in [0.3, 0.4) is 0 Å². The van der Waals surface area contributed by atoms with Crippen molar-refractivity contribution in [3.05, 3.63) is 59.9 Å². The first kappa shape index (κ1) is 16.8. The lowest BCUT2D eigenvalue weighted by Gasteiger charge is -2.25. The fourth-order valence-electron chi connectivity index (χ4n) is 3.01. The van der Waals surface area contributed by atoms with Gasteiger partial charge in [-0.2, -0.15) is 0 Å². The zero-order valence-corrected chi connectivity index (χ0v) is 15.0. The molecule has 1 aliphatic rings. The molecule has 4 nitrogen and oxygen atoms in total. The van der Waals surface area contributed by atoms with E-state index in [2.05, 4.69) is 48.0 Å². The van der Waals surface area contributed by atoms with E-state index in [1.807, 2.05) is 23.1 Å². The fraction of sp³-hybridized carbons (Fsp3) is 0.368. The molecule has 0 aliphatic carbocycles. The SMILES string of the molecule is CCN(CC)c1ccc(C2SCC(=O)N2Cc2ccccn2)cc1. The van der Waals surface area contributed by atoms with Crippen LogP contribution in [0.2, 0.25) is 0 Å². The van der Waals surface area contributed by atoms with Gasteiger partial charge in [-0.05, 0) is 43.7 Å². The van der Waals surface area contributed by atoms with Crippen molar-refractivity contribution in [3.8, 4) is 0 Å². The van der Waals surface area contributed by atoms with Gasteiger partial charge in [-0.25, -0.2) is 0 Å². The minimum atomic E-state index is 0.0743. The maximum absolute atomic E-state index is 12.3. The Bertz CT molecular complexity index is 671. The van der Waals surface area contributed by atoms with Crippen LogP contribution in [0.5, 0.6) is 0 Å². The van der Waals surface area contributed by atoms with Crippen LogP contribution in [-0.4, -0.2) is 34.6 Å². The molecule has 126 valence electrons. The molecule has 0 bridgehead atoms. The molecule has 1 unspecified atom stereocenters. The van der Waals surface area contributed by atoms with Crippen LogP contribution in [0.1, 0.15) is 30.5 Å². The van der Waals surface area contributed by atoms with Crippen molar-refractivity contribution in [2.45, 2.75) is 25.8 Å². The summed E-state index contributed by atoms with van der Waals surface area (Å²) in [5.74, 6) is 0.721. The number of carbonyl (C=O) groups excluding carboxylic acids is 1. The van der Waals surface area contributed by atoms with E-state index in [0.717, 1.165) is 18.8 Å². The Morgan fingerprint density at radius 1 is 1.17 bits per heavy atom. The zero-order valence-electron chi connectivity index (χ0n) is 14.2. The second kappa shape index (κ2) is 7.71. The third-order valence-electron chi connectivity index (χ3n) is 4.33. The molecule has 1 atom stereocenters. The average Bonchev–Trinajstić information content (AvgIpc) is 2.98. The number of rotatable bonds is 6. The van der Waals surface area contributed by atoms with Gasteiger partial charge in [-0.15, -0.1) is 11.8 Å². The molecule has 1 amide bonds. The van der Waals surface area contributed by atoms with Gasteiger partial charge in [0.05, 0.1) is 18.0 Å². The number of amides is 1. The Morgan fingerprint density at radius 3 is 2.54 bits per heavy atom. The number of aromatic nitrogens is 1. The molecular formula is C19H23N3OS. The molecule has 1 fully saturated rings. The summed E-state index contributed by atoms with van der Waals surface area (Å²) in [6.07, 6.45) is 1.77. The summed E-state index contributed by atoms with van der Waals surface area (Å²) < 4.78 is 0. The molecule has 0 saturated carbocycles. The van der Waals surface area contributed by atoms with E-state index in [9.17, 15) is 4.79 Å². The lowest BCUT2D eigenvalue weighted by molar-refractivity contribution is -0.128. The summed E-state index contributed by atoms with van der Waals surface area (Å²) in [7, 11) is 0. The van der Waals surface area contributed by atoms with Crippen LogP contribution < -0.4 is 4.90 Å². The van der Waals surface area contributed by atoms with Crippen molar-refractivity contribution in [2.75, 3.05) is 23.7 Å². The highest BCUT2D eigenvalue weighted by atomic mass is 32.2. The predicted octanol–water partition coefficient (Wildman–Crippen LogP) is 3.70. The highest BCUT2D eigenvalue weighted by molar-refractivity contribution is 8.00. The zero-order chi connectivity index (χ0) is 16.9. The Morgan fingerprint density at radius 2 is 1.92 bits per heavy atom. The van der Waals surface area contributed by atoms with Crippen LogP contribution in [-0.2, 0) is 11.3 Å². The molecule has 24 heavy (non-hydrogen) atoms. The van der Waals surface area contributed by atoms with E-state index in [1.165, 1.54) is 11.3 Å². The number of nitrogens with zero attached hydrogens (tertiary/aromatic N) is 3. The van der Waals surface area contributed by atoms with Gasteiger partial charge in [0, 0.05) is 25.0 Å². The van der Waals surface area contributed by atoms with Gasteiger partial charge in [0.15, 0.2) is 0 Å². The predicted molar refractivity (Wildman–Crippen MR) is 100.0 cm³/mol. The van der Waals surface area contributed by atoms with E-state index in [1.54, 1.807) is 18.0 Å². The maximum atomic E-state index is 12.3.